The van der Waals surface area contributed by atoms with Gasteiger partial charge in [-0.15, -0.1) is 0 Å². The topological polar surface area (TPSA) is 137 Å². The molecule has 1 atom stereocenters. The molecule has 0 radical (unpaired) electrons. The van der Waals surface area contributed by atoms with Gasteiger partial charge in [-0.3, -0.25) is 9.59 Å². The average Bonchev–Trinajstić information content (AvgIpc) is 2.61. The Morgan fingerprint density at radius 3 is 2.65 bits per heavy atom. The zero-order chi connectivity index (χ0) is 19.5. The Labute approximate surface area is 152 Å². The van der Waals surface area contributed by atoms with Crippen molar-refractivity contribution < 1.29 is 19.5 Å². The smallest absolute Gasteiger partial charge is 0.312 e. The number of carbonyl (C=O) groups excluding carboxylic acids is 3. The zero-order valence-electron chi connectivity index (χ0n) is 15.1. The number of urea groups is 1. The van der Waals surface area contributed by atoms with Crippen LogP contribution in [-0.2, 0) is 22.7 Å². The molecule has 0 heterocycles. The molecule has 0 unspecified atom stereocenters. The zero-order valence-corrected chi connectivity index (χ0v) is 15.1. The van der Waals surface area contributed by atoms with Crippen LogP contribution in [0.25, 0.3) is 0 Å². The van der Waals surface area contributed by atoms with Crippen LogP contribution in [0.4, 0.5) is 10.5 Å². The predicted molar refractivity (Wildman–Crippen MR) is 98.2 cm³/mol. The van der Waals surface area contributed by atoms with Crippen molar-refractivity contribution in [3.05, 3.63) is 29.3 Å². The maximum atomic E-state index is 12.4. The summed E-state index contributed by atoms with van der Waals surface area (Å²) in [6.07, 6.45) is 1.82. The van der Waals surface area contributed by atoms with E-state index in [-0.39, 0.29) is 12.5 Å². The van der Waals surface area contributed by atoms with E-state index in [2.05, 4.69) is 16.0 Å². The Morgan fingerprint density at radius 1 is 1.35 bits per heavy atom. The Kier molecular flexibility index (Phi) is 9.10. The van der Waals surface area contributed by atoms with Gasteiger partial charge in [0, 0.05) is 25.8 Å². The molecule has 144 valence electrons. The van der Waals surface area contributed by atoms with E-state index in [1.165, 1.54) is 4.90 Å². The molecule has 0 spiro atoms. The van der Waals surface area contributed by atoms with E-state index >= 15 is 0 Å². The van der Waals surface area contributed by atoms with E-state index < -0.39 is 12.1 Å². The maximum Gasteiger partial charge on any atom is 0.312 e. The summed E-state index contributed by atoms with van der Waals surface area (Å²) >= 11 is 0. The summed E-state index contributed by atoms with van der Waals surface area (Å²) < 4.78 is 0. The standard InChI is InChI=1S/C17H27N5O4/c1-19-15(4-3-7-20-17(18)26)16(25)21-14-6-5-12(10-23)13(8-14)9-22(2)11-24/h5-6,8,11,15,19,23H,3-4,7,9-10H2,1-2H3,(H,21,25)(H3,18,20,26)/t15-/m0/s1. The average molecular weight is 365 g/mol. The molecule has 26 heavy (non-hydrogen) atoms. The number of nitrogens with zero attached hydrogens (tertiary/aromatic N) is 1. The number of anilines is 1. The highest BCUT2D eigenvalue weighted by molar-refractivity contribution is 5.94. The summed E-state index contributed by atoms with van der Waals surface area (Å²) in [7, 11) is 3.32. The van der Waals surface area contributed by atoms with Crippen LogP contribution < -0.4 is 21.7 Å². The van der Waals surface area contributed by atoms with Gasteiger partial charge in [-0.25, -0.2) is 4.79 Å². The van der Waals surface area contributed by atoms with Crippen LogP contribution in [0.15, 0.2) is 18.2 Å². The summed E-state index contributed by atoms with van der Waals surface area (Å²) in [6, 6.07) is 4.14. The highest BCUT2D eigenvalue weighted by Gasteiger charge is 2.17. The minimum atomic E-state index is -0.591. The van der Waals surface area contributed by atoms with E-state index in [1.54, 1.807) is 32.3 Å². The molecule has 0 aliphatic carbocycles. The lowest BCUT2D eigenvalue weighted by Crippen LogP contribution is -2.39. The number of amides is 4. The second-order valence-electron chi connectivity index (χ2n) is 5.93. The lowest BCUT2D eigenvalue weighted by molar-refractivity contribution is -0.118. The number of carbonyl (C=O) groups is 3. The van der Waals surface area contributed by atoms with Gasteiger partial charge in [0.1, 0.15) is 0 Å². The Balaban J connectivity index is 2.72. The number of rotatable bonds is 11. The Morgan fingerprint density at radius 2 is 2.08 bits per heavy atom. The minimum absolute atomic E-state index is 0.151. The molecule has 6 N–H and O–H groups in total. The van der Waals surface area contributed by atoms with Crippen molar-refractivity contribution in [2.24, 2.45) is 5.73 Å². The summed E-state index contributed by atoms with van der Waals surface area (Å²) in [5.74, 6) is -0.210. The number of likely N-dealkylation sites (N-methyl/N-ethyl adjacent to an activating group) is 1. The highest BCUT2D eigenvalue weighted by Crippen LogP contribution is 2.18. The fourth-order valence-corrected chi connectivity index (χ4v) is 2.46. The first-order chi connectivity index (χ1) is 12.4. The SMILES string of the molecule is CN[C@@H](CCCNC(N)=O)C(=O)Nc1ccc(CO)c(CN(C)C=O)c1. The number of primary amides is 1. The first-order valence-corrected chi connectivity index (χ1v) is 8.30. The number of benzene rings is 1. The molecule has 0 aromatic heterocycles. The van der Waals surface area contributed by atoms with Gasteiger partial charge >= 0.3 is 6.03 Å². The van der Waals surface area contributed by atoms with Crippen molar-refractivity contribution in [3.8, 4) is 0 Å². The molecule has 0 fully saturated rings. The van der Waals surface area contributed by atoms with E-state index in [4.69, 9.17) is 5.73 Å². The number of hydrogen-bond donors (Lipinski definition) is 5. The van der Waals surface area contributed by atoms with E-state index in [1.807, 2.05) is 0 Å². The largest absolute Gasteiger partial charge is 0.392 e. The molecule has 0 saturated carbocycles. The third kappa shape index (κ3) is 7.08. The molecule has 1 rings (SSSR count). The van der Waals surface area contributed by atoms with Crippen molar-refractivity contribution in [3.63, 3.8) is 0 Å². The second kappa shape index (κ2) is 11.1. The van der Waals surface area contributed by atoms with Gasteiger partial charge in [-0.05, 0) is 43.1 Å². The Hall–Kier alpha value is -2.65. The maximum absolute atomic E-state index is 12.4. The quantitative estimate of drug-likeness (QED) is 0.272. The highest BCUT2D eigenvalue weighted by atomic mass is 16.3. The van der Waals surface area contributed by atoms with Gasteiger partial charge in [0.2, 0.25) is 12.3 Å². The first kappa shape index (κ1) is 21.4. The number of nitrogens with one attached hydrogen (secondary N) is 3. The van der Waals surface area contributed by atoms with Crippen LogP contribution in [0.5, 0.6) is 0 Å². The van der Waals surface area contributed by atoms with Crippen LogP contribution in [0, 0.1) is 0 Å². The monoisotopic (exact) mass is 365 g/mol. The van der Waals surface area contributed by atoms with Crippen LogP contribution in [0.2, 0.25) is 0 Å². The molecule has 9 heteroatoms. The van der Waals surface area contributed by atoms with Gasteiger partial charge in [0.05, 0.1) is 12.6 Å². The van der Waals surface area contributed by atoms with Crippen molar-refractivity contribution >= 4 is 24.0 Å². The summed E-state index contributed by atoms with van der Waals surface area (Å²) in [6.45, 7) is 0.577. The lowest BCUT2D eigenvalue weighted by Gasteiger charge is -2.18. The molecule has 0 aliphatic heterocycles. The molecule has 1 aromatic rings. The van der Waals surface area contributed by atoms with E-state index in [0.717, 1.165) is 5.56 Å². The Bertz CT molecular complexity index is 623. The fraction of sp³-hybridized carbons (Fsp3) is 0.471. The van der Waals surface area contributed by atoms with Crippen molar-refractivity contribution in [1.29, 1.82) is 0 Å². The summed E-state index contributed by atoms with van der Waals surface area (Å²) in [5.41, 5.74) is 7.03. The summed E-state index contributed by atoms with van der Waals surface area (Å²) in [4.78, 5) is 35.3. The summed E-state index contributed by atoms with van der Waals surface area (Å²) in [5, 5.41) is 17.7. The van der Waals surface area contributed by atoms with Crippen LogP contribution in [0.3, 0.4) is 0 Å². The molecule has 0 aliphatic rings. The normalized spacial score (nSPS) is 11.5. The second-order valence-corrected chi connectivity index (χ2v) is 5.93. The van der Waals surface area contributed by atoms with Crippen LogP contribution >= 0.6 is 0 Å². The van der Waals surface area contributed by atoms with Gasteiger partial charge < -0.3 is 31.7 Å². The molecule has 1 aromatic carbocycles. The third-order valence-corrected chi connectivity index (χ3v) is 3.88. The lowest BCUT2D eigenvalue weighted by atomic mass is 10.1. The van der Waals surface area contributed by atoms with Gasteiger partial charge in [0.25, 0.3) is 0 Å². The van der Waals surface area contributed by atoms with Gasteiger partial charge in [-0.1, -0.05) is 6.07 Å². The predicted octanol–water partition coefficient (Wildman–Crippen LogP) is -0.258. The third-order valence-electron chi connectivity index (χ3n) is 3.88. The molecule has 9 nitrogen and oxygen atoms in total. The van der Waals surface area contributed by atoms with E-state index in [9.17, 15) is 19.5 Å². The molecule has 4 amide bonds. The van der Waals surface area contributed by atoms with Crippen LogP contribution in [-0.4, -0.2) is 55.0 Å². The molecule has 0 saturated heterocycles. The number of aliphatic hydroxyl groups is 1. The number of aliphatic hydroxyl groups excluding tert-OH is 1. The fourth-order valence-electron chi connectivity index (χ4n) is 2.46. The molecular weight excluding hydrogens is 338 g/mol. The molecule has 0 bridgehead atoms. The van der Waals surface area contributed by atoms with Crippen LogP contribution in [0.1, 0.15) is 24.0 Å². The van der Waals surface area contributed by atoms with Gasteiger partial charge in [-0.2, -0.15) is 0 Å². The van der Waals surface area contributed by atoms with Crippen molar-refractivity contribution in [2.75, 3.05) is 26.0 Å². The van der Waals surface area contributed by atoms with Gasteiger partial charge in [0.15, 0.2) is 0 Å². The first-order valence-electron chi connectivity index (χ1n) is 8.30. The number of nitrogens with two attached hydrogens (primary N) is 1. The minimum Gasteiger partial charge on any atom is -0.392 e. The van der Waals surface area contributed by atoms with E-state index in [0.29, 0.717) is 43.6 Å². The molecular formula is C17H27N5O4. The van der Waals surface area contributed by atoms with Crippen molar-refractivity contribution in [1.82, 2.24) is 15.5 Å². The number of hydrogen-bond acceptors (Lipinski definition) is 5. The van der Waals surface area contributed by atoms with Crippen molar-refractivity contribution in [2.45, 2.75) is 32.0 Å².